The van der Waals surface area contributed by atoms with Crippen molar-refractivity contribution < 1.29 is 19.0 Å². The van der Waals surface area contributed by atoms with Gasteiger partial charge in [-0.3, -0.25) is 0 Å². The van der Waals surface area contributed by atoms with Crippen LogP contribution in [0.5, 0.6) is 0 Å². The Morgan fingerprint density at radius 1 is 1.50 bits per heavy atom. The SMILES string of the molecule is COC(=O)c1cc(NCC2COCCO2)cc(C)c1N. The Morgan fingerprint density at radius 2 is 2.30 bits per heavy atom. The Morgan fingerprint density at radius 3 is 2.95 bits per heavy atom. The van der Waals surface area contributed by atoms with Crippen LogP contribution in [0.3, 0.4) is 0 Å². The van der Waals surface area contributed by atoms with Gasteiger partial charge in [0.05, 0.1) is 38.6 Å². The van der Waals surface area contributed by atoms with Crippen LogP contribution in [0.4, 0.5) is 11.4 Å². The zero-order chi connectivity index (χ0) is 14.5. The number of hydrogen-bond donors (Lipinski definition) is 2. The number of rotatable bonds is 4. The maximum atomic E-state index is 11.7. The molecule has 0 radical (unpaired) electrons. The Kier molecular flexibility index (Phi) is 4.81. The van der Waals surface area contributed by atoms with Crippen LogP contribution in [0.25, 0.3) is 0 Å². The summed E-state index contributed by atoms with van der Waals surface area (Å²) in [7, 11) is 1.34. The van der Waals surface area contributed by atoms with Gasteiger partial charge in [-0.05, 0) is 24.6 Å². The van der Waals surface area contributed by atoms with Gasteiger partial charge >= 0.3 is 5.97 Å². The van der Waals surface area contributed by atoms with Crippen LogP contribution in [0.1, 0.15) is 15.9 Å². The zero-order valence-corrected chi connectivity index (χ0v) is 11.8. The fourth-order valence-corrected chi connectivity index (χ4v) is 2.07. The third-order valence-corrected chi connectivity index (χ3v) is 3.21. The van der Waals surface area contributed by atoms with Gasteiger partial charge in [0, 0.05) is 17.9 Å². The van der Waals surface area contributed by atoms with Crippen molar-refractivity contribution in [3.63, 3.8) is 0 Å². The lowest BCUT2D eigenvalue weighted by Gasteiger charge is -2.23. The van der Waals surface area contributed by atoms with Gasteiger partial charge in [0.2, 0.25) is 0 Å². The number of nitrogens with two attached hydrogens (primary N) is 1. The molecule has 0 amide bonds. The molecule has 0 aromatic heterocycles. The van der Waals surface area contributed by atoms with E-state index in [2.05, 4.69) is 5.32 Å². The maximum Gasteiger partial charge on any atom is 0.340 e. The molecule has 1 saturated heterocycles. The van der Waals surface area contributed by atoms with Crippen LogP contribution in [0.15, 0.2) is 12.1 Å². The summed E-state index contributed by atoms with van der Waals surface area (Å²) in [6.45, 7) is 4.30. The summed E-state index contributed by atoms with van der Waals surface area (Å²) in [6, 6.07) is 3.59. The van der Waals surface area contributed by atoms with E-state index in [9.17, 15) is 4.79 Å². The maximum absolute atomic E-state index is 11.7. The van der Waals surface area contributed by atoms with Gasteiger partial charge in [-0.2, -0.15) is 0 Å². The number of ether oxygens (including phenoxy) is 3. The first-order valence-corrected chi connectivity index (χ1v) is 6.53. The molecule has 0 saturated carbocycles. The molecule has 0 aliphatic carbocycles. The molecule has 0 bridgehead atoms. The fraction of sp³-hybridized carbons (Fsp3) is 0.500. The van der Waals surface area contributed by atoms with Crippen molar-refractivity contribution in [2.45, 2.75) is 13.0 Å². The predicted octanol–water partition coefficient (Wildman–Crippen LogP) is 1.19. The van der Waals surface area contributed by atoms with E-state index in [0.717, 1.165) is 11.3 Å². The number of carbonyl (C=O) groups excluding carboxylic acids is 1. The number of aryl methyl sites for hydroxylation is 1. The fourth-order valence-electron chi connectivity index (χ4n) is 2.07. The highest BCUT2D eigenvalue weighted by Crippen LogP contribution is 2.23. The van der Waals surface area contributed by atoms with E-state index in [1.165, 1.54) is 7.11 Å². The summed E-state index contributed by atoms with van der Waals surface area (Å²) in [5.41, 5.74) is 8.35. The normalized spacial score (nSPS) is 18.6. The predicted molar refractivity (Wildman–Crippen MR) is 76.0 cm³/mol. The van der Waals surface area contributed by atoms with Gasteiger partial charge in [0.1, 0.15) is 0 Å². The third kappa shape index (κ3) is 3.40. The molecule has 2 rings (SSSR count). The Balaban J connectivity index is 2.07. The number of nitrogens with one attached hydrogen (secondary N) is 1. The van der Waals surface area contributed by atoms with Crippen LogP contribution >= 0.6 is 0 Å². The standard InChI is InChI=1S/C14H20N2O4/c1-9-5-10(6-12(13(9)15)14(17)18-2)16-7-11-8-19-3-4-20-11/h5-6,11,16H,3-4,7-8,15H2,1-2H3. The zero-order valence-electron chi connectivity index (χ0n) is 11.8. The molecule has 6 heteroatoms. The minimum atomic E-state index is -0.438. The molecule has 1 heterocycles. The molecule has 1 aliphatic heterocycles. The van der Waals surface area contributed by atoms with Gasteiger partial charge in [-0.15, -0.1) is 0 Å². The Labute approximate surface area is 118 Å². The van der Waals surface area contributed by atoms with Crippen LogP contribution in [0, 0.1) is 6.92 Å². The average Bonchev–Trinajstić information content (AvgIpc) is 2.48. The summed E-state index contributed by atoms with van der Waals surface area (Å²) >= 11 is 0. The second-order valence-electron chi connectivity index (χ2n) is 4.69. The topological polar surface area (TPSA) is 82.8 Å². The molecule has 1 aromatic rings. The smallest absolute Gasteiger partial charge is 0.340 e. The summed E-state index contributed by atoms with van der Waals surface area (Å²) in [4.78, 5) is 11.7. The lowest BCUT2D eigenvalue weighted by atomic mass is 10.1. The lowest BCUT2D eigenvalue weighted by Crippen LogP contribution is -2.34. The van der Waals surface area contributed by atoms with Crippen LogP contribution in [-0.4, -0.2) is 45.5 Å². The molecule has 3 N–H and O–H groups in total. The first-order valence-electron chi connectivity index (χ1n) is 6.53. The van der Waals surface area contributed by atoms with Crippen molar-refractivity contribution in [2.75, 3.05) is 44.5 Å². The molecule has 1 atom stereocenters. The molecule has 1 aliphatic rings. The molecule has 6 nitrogen and oxygen atoms in total. The highest BCUT2D eigenvalue weighted by atomic mass is 16.6. The number of methoxy groups -OCH3 is 1. The molecular formula is C14H20N2O4. The van der Waals surface area contributed by atoms with E-state index in [0.29, 0.717) is 37.6 Å². The van der Waals surface area contributed by atoms with Crippen molar-refractivity contribution in [3.8, 4) is 0 Å². The highest BCUT2D eigenvalue weighted by Gasteiger charge is 2.16. The monoisotopic (exact) mass is 280 g/mol. The van der Waals surface area contributed by atoms with Crippen molar-refractivity contribution in [2.24, 2.45) is 0 Å². The summed E-state index contributed by atoms with van der Waals surface area (Å²) in [5, 5.41) is 3.23. The van der Waals surface area contributed by atoms with Crippen LogP contribution in [-0.2, 0) is 14.2 Å². The molecule has 1 unspecified atom stereocenters. The highest BCUT2D eigenvalue weighted by molar-refractivity contribution is 5.97. The van der Waals surface area contributed by atoms with E-state index >= 15 is 0 Å². The second-order valence-corrected chi connectivity index (χ2v) is 4.69. The van der Waals surface area contributed by atoms with E-state index in [4.69, 9.17) is 19.9 Å². The summed E-state index contributed by atoms with van der Waals surface area (Å²) in [6.07, 6.45) is 0.0168. The Bertz CT molecular complexity index is 484. The van der Waals surface area contributed by atoms with E-state index in [-0.39, 0.29) is 6.10 Å². The van der Waals surface area contributed by atoms with Crippen molar-refractivity contribution >= 4 is 17.3 Å². The van der Waals surface area contributed by atoms with Gasteiger partial charge in [-0.25, -0.2) is 4.79 Å². The van der Waals surface area contributed by atoms with Crippen LogP contribution < -0.4 is 11.1 Å². The second kappa shape index (κ2) is 6.58. The number of anilines is 2. The minimum absolute atomic E-state index is 0.0168. The average molecular weight is 280 g/mol. The first kappa shape index (κ1) is 14.6. The number of benzene rings is 1. The quantitative estimate of drug-likeness (QED) is 0.637. The summed E-state index contributed by atoms with van der Waals surface area (Å²) < 4.78 is 15.6. The van der Waals surface area contributed by atoms with Crippen LogP contribution in [0.2, 0.25) is 0 Å². The van der Waals surface area contributed by atoms with Crippen molar-refractivity contribution in [1.29, 1.82) is 0 Å². The molecule has 20 heavy (non-hydrogen) atoms. The van der Waals surface area contributed by atoms with Gasteiger partial charge in [-0.1, -0.05) is 0 Å². The first-order chi connectivity index (χ1) is 9.61. The number of esters is 1. The summed E-state index contributed by atoms with van der Waals surface area (Å²) in [5.74, 6) is -0.438. The minimum Gasteiger partial charge on any atom is -0.465 e. The van der Waals surface area contributed by atoms with Gasteiger partial charge in [0.25, 0.3) is 0 Å². The van der Waals surface area contributed by atoms with E-state index < -0.39 is 5.97 Å². The molecule has 0 spiro atoms. The van der Waals surface area contributed by atoms with Gasteiger partial charge in [0.15, 0.2) is 0 Å². The number of hydrogen-bond acceptors (Lipinski definition) is 6. The number of carbonyl (C=O) groups is 1. The van der Waals surface area contributed by atoms with E-state index in [1.807, 2.05) is 13.0 Å². The van der Waals surface area contributed by atoms with Crippen molar-refractivity contribution in [3.05, 3.63) is 23.3 Å². The Hall–Kier alpha value is -1.79. The van der Waals surface area contributed by atoms with Gasteiger partial charge < -0.3 is 25.3 Å². The lowest BCUT2D eigenvalue weighted by molar-refractivity contribution is -0.0818. The number of nitrogen functional groups attached to an aromatic ring is 1. The van der Waals surface area contributed by atoms with Crippen molar-refractivity contribution in [1.82, 2.24) is 0 Å². The molecule has 110 valence electrons. The third-order valence-electron chi connectivity index (χ3n) is 3.21. The molecular weight excluding hydrogens is 260 g/mol. The largest absolute Gasteiger partial charge is 0.465 e. The molecule has 1 aromatic carbocycles. The van der Waals surface area contributed by atoms with E-state index in [1.54, 1.807) is 6.07 Å². The molecule has 1 fully saturated rings.